The van der Waals surface area contributed by atoms with Crippen molar-refractivity contribution >= 4 is 5.91 Å². The molecule has 0 saturated carbocycles. The Morgan fingerprint density at radius 2 is 1.70 bits per heavy atom. The minimum atomic E-state index is -0.0460. The maximum atomic E-state index is 12.2. The fourth-order valence-corrected chi connectivity index (χ4v) is 2.12. The minimum absolute atomic E-state index is 0.0460. The summed E-state index contributed by atoms with van der Waals surface area (Å²) in [5, 5.41) is 2.96. The molecule has 0 fully saturated rings. The fraction of sp³-hybridized carbons (Fsp3) is 0.235. The molecule has 0 aromatic heterocycles. The monoisotopic (exact) mass is 269 g/mol. The molecule has 0 atom stereocenters. The molecular formula is C17H19NO2. The first-order valence-corrected chi connectivity index (χ1v) is 6.62. The number of methoxy groups -OCH3 is 1. The Morgan fingerprint density at radius 3 is 2.40 bits per heavy atom. The van der Waals surface area contributed by atoms with Gasteiger partial charge in [0.25, 0.3) is 5.91 Å². The van der Waals surface area contributed by atoms with Gasteiger partial charge in [-0.25, -0.2) is 0 Å². The van der Waals surface area contributed by atoms with Crippen LogP contribution in [0.5, 0.6) is 0 Å². The maximum absolute atomic E-state index is 12.2. The molecule has 0 aliphatic rings. The topological polar surface area (TPSA) is 38.3 Å². The van der Waals surface area contributed by atoms with E-state index in [4.69, 9.17) is 4.74 Å². The van der Waals surface area contributed by atoms with E-state index in [1.165, 1.54) is 0 Å². The van der Waals surface area contributed by atoms with E-state index in [2.05, 4.69) is 5.32 Å². The quantitative estimate of drug-likeness (QED) is 0.906. The lowest BCUT2D eigenvalue weighted by Crippen LogP contribution is -2.24. The Kier molecular flexibility index (Phi) is 4.91. The second kappa shape index (κ2) is 6.87. The summed E-state index contributed by atoms with van der Waals surface area (Å²) in [4.78, 5) is 12.2. The molecule has 0 bridgehead atoms. The maximum Gasteiger partial charge on any atom is 0.251 e. The van der Waals surface area contributed by atoms with E-state index in [9.17, 15) is 4.79 Å². The number of ether oxygens (including phenoxy) is 1. The van der Waals surface area contributed by atoms with Gasteiger partial charge in [0.05, 0.1) is 6.61 Å². The van der Waals surface area contributed by atoms with Gasteiger partial charge in [0.2, 0.25) is 0 Å². The van der Waals surface area contributed by atoms with Crippen molar-refractivity contribution in [2.24, 2.45) is 0 Å². The largest absolute Gasteiger partial charge is 0.380 e. The van der Waals surface area contributed by atoms with Gasteiger partial charge in [0, 0.05) is 19.2 Å². The lowest BCUT2D eigenvalue weighted by atomic mass is 10.1. The first kappa shape index (κ1) is 14.3. The molecule has 0 aliphatic heterocycles. The summed E-state index contributed by atoms with van der Waals surface area (Å²) < 4.78 is 5.17. The molecule has 3 heteroatoms. The summed E-state index contributed by atoms with van der Waals surface area (Å²) in [5.74, 6) is -0.0460. The summed E-state index contributed by atoms with van der Waals surface area (Å²) in [6, 6.07) is 15.5. The van der Waals surface area contributed by atoms with Crippen LogP contribution in [0.2, 0.25) is 0 Å². The standard InChI is InChI=1S/C17H19NO2/c1-13-7-3-6-10-16(13)17(19)18-11-14-8-4-5-9-15(14)12-20-2/h3-10H,11-12H2,1-2H3,(H,18,19). The van der Waals surface area contributed by atoms with Crippen molar-refractivity contribution < 1.29 is 9.53 Å². The Hall–Kier alpha value is -2.13. The second-order valence-electron chi connectivity index (χ2n) is 4.70. The average molecular weight is 269 g/mol. The van der Waals surface area contributed by atoms with E-state index in [1.807, 2.05) is 55.5 Å². The van der Waals surface area contributed by atoms with Crippen LogP contribution >= 0.6 is 0 Å². The zero-order valence-corrected chi connectivity index (χ0v) is 11.8. The Labute approximate surface area is 119 Å². The van der Waals surface area contributed by atoms with Gasteiger partial charge in [0.1, 0.15) is 0 Å². The van der Waals surface area contributed by atoms with Gasteiger partial charge in [-0.2, -0.15) is 0 Å². The highest BCUT2D eigenvalue weighted by atomic mass is 16.5. The van der Waals surface area contributed by atoms with Crippen LogP contribution in [0.3, 0.4) is 0 Å². The summed E-state index contributed by atoms with van der Waals surface area (Å²) in [6.45, 7) is 3.00. The summed E-state index contributed by atoms with van der Waals surface area (Å²) in [7, 11) is 1.67. The van der Waals surface area contributed by atoms with Crippen LogP contribution in [0.15, 0.2) is 48.5 Å². The van der Waals surface area contributed by atoms with Crippen molar-refractivity contribution in [3.8, 4) is 0 Å². The van der Waals surface area contributed by atoms with E-state index in [-0.39, 0.29) is 5.91 Å². The molecule has 2 aromatic rings. The van der Waals surface area contributed by atoms with Crippen molar-refractivity contribution in [2.75, 3.05) is 7.11 Å². The second-order valence-corrected chi connectivity index (χ2v) is 4.70. The van der Waals surface area contributed by atoms with E-state index in [1.54, 1.807) is 7.11 Å². The highest BCUT2D eigenvalue weighted by molar-refractivity contribution is 5.95. The number of nitrogens with one attached hydrogen (secondary N) is 1. The van der Waals surface area contributed by atoms with Gasteiger partial charge in [0.15, 0.2) is 0 Å². The number of hydrogen-bond donors (Lipinski definition) is 1. The molecule has 0 unspecified atom stereocenters. The highest BCUT2D eigenvalue weighted by Crippen LogP contribution is 2.11. The van der Waals surface area contributed by atoms with Crippen molar-refractivity contribution in [3.63, 3.8) is 0 Å². The van der Waals surface area contributed by atoms with Crippen molar-refractivity contribution in [1.82, 2.24) is 5.32 Å². The lowest BCUT2D eigenvalue weighted by molar-refractivity contribution is 0.0950. The molecule has 0 heterocycles. The molecule has 0 aliphatic carbocycles. The molecule has 2 aromatic carbocycles. The Balaban J connectivity index is 2.06. The molecule has 0 spiro atoms. The summed E-state index contributed by atoms with van der Waals surface area (Å²) in [5.41, 5.74) is 3.88. The van der Waals surface area contributed by atoms with E-state index >= 15 is 0 Å². The molecular weight excluding hydrogens is 250 g/mol. The van der Waals surface area contributed by atoms with Crippen LogP contribution in [-0.4, -0.2) is 13.0 Å². The van der Waals surface area contributed by atoms with Crippen LogP contribution in [0, 0.1) is 6.92 Å². The summed E-state index contributed by atoms with van der Waals surface area (Å²) in [6.07, 6.45) is 0. The molecule has 3 nitrogen and oxygen atoms in total. The zero-order chi connectivity index (χ0) is 14.4. The molecule has 0 saturated heterocycles. The smallest absolute Gasteiger partial charge is 0.251 e. The third-order valence-corrected chi connectivity index (χ3v) is 3.25. The average Bonchev–Trinajstić information content (AvgIpc) is 2.47. The first-order chi connectivity index (χ1) is 9.72. The Morgan fingerprint density at radius 1 is 1.05 bits per heavy atom. The zero-order valence-electron chi connectivity index (χ0n) is 11.8. The molecule has 20 heavy (non-hydrogen) atoms. The first-order valence-electron chi connectivity index (χ1n) is 6.62. The number of carbonyl (C=O) groups excluding carboxylic acids is 1. The van der Waals surface area contributed by atoms with Gasteiger partial charge in [-0.05, 0) is 29.7 Å². The van der Waals surface area contributed by atoms with Crippen LogP contribution in [0.1, 0.15) is 27.0 Å². The molecule has 1 amide bonds. The van der Waals surface area contributed by atoms with Gasteiger partial charge in [-0.1, -0.05) is 42.5 Å². The summed E-state index contributed by atoms with van der Waals surface area (Å²) >= 11 is 0. The lowest BCUT2D eigenvalue weighted by Gasteiger charge is -2.11. The molecule has 0 radical (unpaired) electrons. The highest BCUT2D eigenvalue weighted by Gasteiger charge is 2.08. The number of hydrogen-bond acceptors (Lipinski definition) is 2. The molecule has 104 valence electrons. The van der Waals surface area contributed by atoms with Crippen LogP contribution in [0.4, 0.5) is 0 Å². The van der Waals surface area contributed by atoms with Crippen molar-refractivity contribution in [2.45, 2.75) is 20.1 Å². The number of aryl methyl sites for hydroxylation is 1. The number of rotatable bonds is 5. The van der Waals surface area contributed by atoms with E-state index in [0.717, 1.165) is 22.3 Å². The van der Waals surface area contributed by atoms with Crippen molar-refractivity contribution in [1.29, 1.82) is 0 Å². The molecule has 1 N–H and O–H groups in total. The number of carbonyl (C=O) groups is 1. The number of benzene rings is 2. The van der Waals surface area contributed by atoms with Crippen LogP contribution < -0.4 is 5.32 Å². The third kappa shape index (κ3) is 3.45. The van der Waals surface area contributed by atoms with E-state index in [0.29, 0.717) is 13.2 Å². The fourth-order valence-electron chi connectivity index (χ4n) is 2.12. The predicted molar refractivity (Wildman–Crippen MR) is 79.5 cm³/mol. The molecule has 2 rings (SSSR count). The van der Waals surface area contributed by atoms with E-state index < -0.39 is 0 Å². The Bertz CT molecular complexity index is 593. The van der Waals surface area contributed by atoms with Crippen LogP contribution in [0.25, 0.3) is 0 Å². The third-order valence-electron chi connectivity index (χ3n) is 3.25. The minimum Gasteiger partial charge on any atom is -0.380 e. The van der Waals surface area contributed by atoms with Crippen LogP contribution in [-0.2, 0) is 17.9 Å². The van der Waals surface area contributed by atoms with Crippen molar-refractivity contribution in [3.05, 3.63) is 70.8 Å². The SMILES string of the molecule is COCc1ccccc1CNC(=O)c1ccccc1C. The predicted octanol–water partition coefficient (Wildman–Crippen LogP) is 3.07. The van der Waals surface area contributed by atoms with Gasteiger partial charge in [-0.3, -0.25) is 4.79 Å². The van der Waals surface area contributed by atoms with Gasteiger partial charge >= 0.3 is 0 Å². The van der Waals surface area contributed by atoms with Gasteiger partial charge < -0.3 is 10.1 Å². The number of amides is 1. The van der Waals surface area contributed by atoms with Gasteiger partial charge in [-0.15, -0.1) is 0 Å². The normalized spacial score (nSPS) is 10.3.